The van der Waals surface area contributed by atoms with Gasteiger partial charge in [-0.05, 0) is 36.1 Å². The molecule has 1 aromatic heterocycles. The number of hydrogen-bond acceptors (Lipinski definition) is 7. The summed E-state index contributed by atoms with van der Waals surface area (Å²) in [7, 11) is 0. The second-order valence-electron chi connectivity index (χ2n) is 6.52. The molecule has 0 unspecified atom stereocenters. The largest absolute Gasteiger partial charge is 0.389 e. The van der Waals surface area contributed by atoms with E-state index in [0.29, 0.717) is 12.2 Å². The van der Waals surface area contributed by atoms with Gasteiger partial charge >= 0.3 is 6.03 Å². The Morgan fingerprint density at radius 3 is 2.64 bits per heavy atom. The maximum Gasteiger partial charge on any atom is 0.325 e. The van der Waals surface area contributed by atoms with Crippen molar-refractivity contribution < 1.29 is 24.4 Å². The molecule has 148 valence electrons. The number of urea groups is 1. The highest BCUT2D eigenvalue weighted by molar-refractivity contribution is 7.09. The summed E-state index contributed by atoms with van der Waals surface area (Å²) >= 11 is 1.53. The van der Waals surface area contributed by atoms with Crippen LogP contribution in [0, 0.1) is 10.1 Å². The SMILES string of the molecule is C[C@@]1(c2ccc([N+](=O)[O-])cc2)NC(=O)N(C[C@H](O)COCc2cccs2)C1=O. The molecule has 9 nitrogen and oxygen atoms in total. The third-order valence-electron chi connectivity index (χ3n) is 4.46. The summed E-state index contributed by atoms with van der Waals surface area (Å²) in [6.45, 7) is 1.63. The summed E-state index contributed by atoms with van der Waals surface area (Å²) in [4.78, 5) is 37.3. The number of benzene rings is 1. The van der Waals surface area contributed by atoms with Crippen LogP contribution in [0.5, 0.6) is 0 Å². The first kappa shape index (κ1) is 19.9. The average molecular weight is 405 g/mol. The van der Waals surface area contributed by atoms with E-state index >= 15 is 0 Å². The zero-order valence-electron chi connectivity index (χ0n) is 15.0. The van der Waals surface area contributed by atoms with Gasteiger partial charge in [0.1, 0.15) is 5.54 Å². The Bertz CT molecular complexity index is 870. The smallest absolute Gasteiger partial charge is 0.325 e. The lowest BCUT2D eigenvalue weighted by atomic mass is 9.92. The van der Waals surface area contributed by atoms with Crippen LogP contribution >= 0.6 is 11.3 Å². The van der Waals surface area contributed by atoms with Crippen LogP contribution in [0.25, 0.3) is 0 Å². The molecular weight excluding hydrogens is 386 g/mol. The summed E-state index contributed by atoms with van der Waals surface area (Å²) < 4.78 is 5.42. The van der Waals surface area contributed by atoms with Crippen LogP contribution < -0.4 is 5.32 Å². The predicted octanol–water partition coefficient (Wildman–Crippen LogP) is 2.00. The number of amides is 3. The number of nitro benzene ring substituents is 1. The van der Waals surface area contributed by atoms with E-state index < -0.39 is 28.5 Å². The Morgan fingerprint density at radius 2 is 2.04 bits per heavy atom. The minimum atomic E-state index is -1.36. The van der Waals surface area contributed by atoms with Crippen LogP contribution in [0.2, 0.25) is 0 Å². The van der Waals surface area contributed by atoms with Gasteiger partial charge < -0.3 is 15.2 Å². The number of nitro groups is 1. The molecule has 28 heavy (non-hydrogen) atoms. The van der Waals surface area contributed by atoms with Crippen LogP contribution in [0.1, 0.15) is 17.4 Å². The Kier molecular flexibility index (Phi) is 5.73. The first-order valence-corrected chi connectivity index (χ1v) is 9.36. The number of nitrogens with one attached hydrogen (secondary N) is 1. The lowest BCUT2D eigenvalue weighted by molar-refractivity contribution is -0.384. The Hall–Kier alpha value is -2.82. The fourth-order valence-corrected chi connectivity index (χ4v) is 3.57. The quantitative estimate of drug-likeness (QED) is 0.393. The predicted molar refractivity (Wildman–Crippen MR) is 101 cm³/mol. The molecule has 2 N–H and O–H groups in total. The topological polar surface area (TPSA) is 122 Å². The van der Waals surface area contributed by atoms with E-state index in [4.69, 9.17) is 4.74 Å². The van der Waals surface area contributed by atoms with Crippen LogP contribution in [-0.2, 0) is 21.7 Å². The molecule has 1 aliphatic heterocycles. The number of aliphatic hydroxyl groups excluding tert-OH is 1. The molecule has 0 bridgehead atoms. The monoisotopic (exact) mass is 405 g/mol. The summed E-state index contributed by atoms with van der Waals surface area (Å²) in [5.41, 5.74) is -1.05. The summed E-state index contributed by atoms with van der Waals surface area (Å²) in [6.07, 6.45) is -1.03. The molecule has 2 atom stereocenters. The van der Waals surface area contributed by atoms with Gasteiger partial charge in [-0.1, -0.05) is 6.07 Å². The third kappa shape index (κ3) is 4.03. The maximum atomic E-state index is 12.8. The van der Waals surface area contributed by atoms with Crippen molar-refractivity contribution in [3.8, 4) is 0 Å². The van der Waals surface area contributed by atoms with Crippen molar-refractivity contribution in [1.82, 2.24) is 10.2 Å². The lowest BCUT2D eigenvalue weighted by Crippen LogP contribution is -2.42. The zero-order valence-corrected chi connectivity index (χ0v) is 15.8. The molecule has 0 aliphatic carbocycles. The molecule has 1 saturated heterocycles. The summed E-state index contributed by atoms with van der Waals surface area (Å²) in [5, 5.41) is 25.4. The van der Waals surface area contributed by atoms with Crippen LogP contribution in [0.4, 0.5) is 10.5 Å². The standard InChI is InChI=1S/C18H19N3O6S/c1-18(12-4-6-13(7-5-12)21(25)26)16(23)20(17(24)19-18)9-14(22)10-27-11-15-3-2-8-28-15/h2-8,14,22H,9-11H2,1H3,(H,19,24)/t14-,18-/m0/s1. The number of non-ortho nitro benzene ring substituents is 1. The lowest BCUT2D eigenvalue weighted by Gasteiger charge is -2.23. The number of hydrogen-bond donors (Lipinski definition) is 2. The molecular formula is C18H19N3O6S. The Balaban J connectivity index is 1.62. The normalized spacial score (nSPS) is 20.3. The molecule has 1 fully saturated rings. The second kappa shape index (κ2) is 8.05. The van der Waals surface area contributed by atoms with E-state index in [1.54, 1.807) is 0 Å². The van der Waals surface area contributed by atoms with Gasteiger partial charge in [0.25, 0.3) is 11.6 Å². The number of thiophene rings is 1. The van der Waals surface area contributed by atoms with E-state index in [1.165, 1.54) is 42.5 Å². The molecule has 0 spiro atoms. The molecule has 3 rings (SSSR count). The first-order valence-electron chi connectivity index (χ1n) is 8.48. The number of nitrogens with zero attached hydrogens (tertiary/aromatic N) is 2. The van der Waals surface area contributed by atoms with E-state index in [0.717, 1.165) is 9.78 Å². The van der Waals surface area contributed by atoms with E-state index in [1.807, 2.05) is 17.5 Å². The maximum absolute atomic E-state index is 12.8. The Morgan fingerprint density at radius 1 is 1.32 bits per heavy atom. The van der Waals surface area contributed by atoms with E-state index in [9.17, 15) is 24.8 Å². The fourth-order valence-electron chi connectivity index (χ4n) is 2.93. The van der Waals surface area contributed by atoms with Gasteiger partial charge in [0.15, 0.2) is 0 Å². The highest BCUT2D eigenvalue weighted by atomic mass is 32.1. The van der Waals surface area contributed by atoms with Crippen molar-refractivity contribution in [3.05, 3.63) is 62.3 Å². The zero-order chi connectivity index (χ0) is 20.3. The number of carbonyl (C=O) groups is 2. The van der Waals surface area contributed by atoms with Crippen molar-refractivity contribution in [2.45, 2.75) is 25.2 Å². The van der Waals surface area contributed by atoms with Crippen molar-refractivity contribution in [1.29, 1.82) is 0 Å². The van der Waals surface area contributed by atoms with Crippen molar-refractivity contribution in [2.24, 2.45) is 0 Å². The van der Waals surface area contributed by atoms with Gasteiger partial charge in [-0.3, -0.25) is 19.8 Å². The molecule has 1 aliphatic rings. The second-order valence-corrected chi connectivity index (χ2v) is 7.56. The van der Waals surface area contributed by atoms with E-state index in [2.05, 4.69) is 5.32 Å². The summed E-state index contributed by atoms with van der Waals surface area (Å²) in [5.74, 6) is -0.538. The van der Waals surface area contributed by atoms with Gasteiger partial charge in [-0.2, -0.15) is 0 Å². The average Bonchev–Trinajstić information content (AvgIpc) is 3.25. The number of aliphatic hydroxyl groups is 1. The minimum absolute atomic E-state index is 0.0246. The third-order valence-corrected chi connectivity index (χ3v) is 5.31. The van der Waals surface area contributed by atoms with Crippen molar-refractivity contribution in [2.75, 3.05) is 13.2 Å². The van der Waals surface area contributed by atoms with Gasteiger partial charge in [0.05, 0.1) is 30.8 Å². The number of β-amino-alcohol motifs (C(OH)–C–C–N with tert-alkyl or cyclic N) is 1. The first-order chi connectivity index (χ1) is 13.3. The van der Waals surface area contributed by atoms with Crippen LogP contribution in [0.15, 0.2) is 41.8 Å². The van der Waals surface area contributed by atoms with Gasteiger partial charge in [0.2, 0.25) is 0 Å². The molecule has 10 heteroatoms. The molecule has 2 aromatic rings. The Labute approximate surface area is 164 Å². The summed E-state index contributed by atoms with van der Waals surface area (Å²) in [6, 6.07) is 8.58. The number of rotatable bonds is 8. The highest BCUT2D eigenvalue weighted by Crippen LogP contribution is 2.30. The minimum Gasteiger partial charge on any atom is -0.389 e. The molecule has 0 saturated carbocycles. The number of imide groups is 1. The van der Waals surface area contributed by atoms with Crippen molar-refractivity contribution >= 4 is 29.0 Å². The van der Waals surface area contributed by atoms with Gasteiger partial charge in [-0.25, -0.2) is 4.79 Å². The van der Waals surface area contributed by atoms with E-state index in [-0.39, 0.29) is 18.8 Å². The van der Waals surface area contributed by atoms with Crippen molar-refractivity contribution in [3.63, 3.8) is 0 Å². The number of carbonyl (C=O) groups excluding carboxylic acids is 2. The molecule has 3 amide bonds. The van der Waals surface area contributed by atoms with Gasteiger partial charge in [0, 0.05) is 17.0 Å². The molecule has 1 aromatic carbocycles. The van der Waals surface area contributed by atoms with Gasteiger partial charge in [-0.15, -0.1) is 11.3 Å². The number of ether oxygens (including phenoxy) is 1. The molecule has 0 radical (unpaired) electrons. The fraction of sp³-hybridized carbons (Fsp3) is 0.333. The molecule has 2 heterocycles. The van der Waals surface area contributed by atoms with Crippen LogP contribution in [-0.4, -0.2) is 46.1 Å². The highest BCUT2D eigenvalue weighted by Gasteiger charge is 2.49. The van der Waals surface area contributed by atoms with Crippen LogP contribution in [0.3, 0.4) is 0 Å².